The van der Waals surface area contributed by atoms with E-state index in [1.807, 2.05) is 0 Å². The molecule has 9 nitrogen and oxygen atoms in total. The lowest BCUT2D eigenvalue weighted by atomic mass is 9.77. The van der Waals surface area contributed by atoms with E-state index in [1.165, 1.54) is 19.3 Å². The van der Waals surface area contributed by atoms with Crippen LogP contribution in [0.3, 0.4) is 0 Å². The summed E-state index contributed by atoms with van der Waals surface area (Å²) in [5.74, 6) is -2.61. The number of hydrogen-bond donors (Lipinski definition) is 1. The molecule has 0 saturated carbocycles. The lowest BCUT2D eigenvalue weighted by molar-refractivity contribution is -0.319. The van der Waals surface area contributed by atoms with E-state index in [4.69, 9.17) is 0 Å². The summed E-state index contributed by atoms with van der Waals surface area (Å²) < 4.78 is 42.6. The summed E-state index contributed by atoms with van der Waals surface area (Å²) in [5, 5.41) is 26.9. The van der Waals surface area contributed by atoms with Gasteiger partial charge in [0.1, 0.15) is 0 Å². The molecule has 1 aliphatic rings. The molecule has 0 aromatic carbocycles. The number of carboxylic acids is 2. The summed E-state index contributed by atoms with van der Waals surface area (Å²) >= 11 is 0. The summed E-state index contributed by atoms with van der Waals surface area (Å²) in [6.07, 6.45) is 6.20. The zero-order chi connectivity index (χ0) is 26.4. The number of piperidine rings is 1. The van der Waals surface area contributed by atoms with Crippen LogP contribution in [-0.2, 0) is 30.2 Å². The van der Waals surface area contributed by atoms with Crippen molar-refractivity contribution in [2.75, 3.05) is 0 Å². The Labute approximate surface area is 206 Å². The fourth-order valence-electron chi connectivity index (χ4n) is 4.29. The molecule has 1 aliphatic heterocycles. The molecule has 0 radical (unpaired) electrons. The van der Waals surface area contributed by atoms with Gasteiger partial charge in [-0.25, -0.2) is 0 Å². The molecule has 0 amide bonds. The van der Waals surface area contributed by atoms with Crippen LogP contribution in [0.4, 0.5) is 0 Å². The molecule has 0 spiro atoms. The molecule has 11 heteroatoms. The van der Waals surface area contributed by atoms with E-state index in [0.29, 0.717) is 43.2 Å². The van der Waals surface area contributed by atoms with Crippen molar-refractivity contribution in [2.24, 2.45) is 5.41 Å². The SMILES string of the molecule is CC1(C)CCCC(C)(C)N1.O=C([O-])CCCCCCCC(CC=S(=O)=O)(CC=S(=O)=O)C(=O)[O-]. The third-order valence-electron chi connectivity index (χ3n) is 5.97. The molecule has 0 aromatic rings. The maximum Gasteiger partial charge on any atom is 0.209 e. The molecule has 1 heterocycles. The Bertz CT molecular complexity index is 866. The standard InChI is InChI=1S/C14H22O8S2.C9H19N/c15-12(16)6-4-2-1-3-5-7-14(13(17)18,8-10-23(19)20)9-11-24(21)22;1-8(2)6-5-7-9(3,4)10-8/h10-11H,1-9H2,(H,15,16)(H,17,18);10H,5-7H2,1-4H3/p-2. The van der Waals surface area contributed by atoms with E-state index < -0.39 is 37.9 Å². The first kappa shape index (κ1) is 32.3. The fourth-order valence-corrected chi connectivity index (χ4v) is 5.20. The van der Waals surface area contributed by atoms with Crippen LogP contribution in [0.25, 0.3) is 0 Å². The Hall–Kier alpha value is -1.72. The second-order valence-electron chi connectivity index (χ2n) is 10.2. The normalized spacial score (nSPS) is 16.5. The Kier molecular flexibility index (Phi) is 14.5. The molecule has 1 rings (SSSR count). The fraction of sp³-hybridized carbons (Fsp3) is 0.826. The summed E-state index contributed by atoms with van der Waals surface area (Å²) in [7, 11) is -5.11. The van der Waals surface area contributed by atoms with Crippen molar-refractivity contribution in [2.45, 2.75) is 116 Å². The quantitative estimate of drug-likeness (QED) is 0.271. The lowest BCUT2D eigenvalue weighted by Gasteiger charge is -2.42. The Morgan fingerprint density at radius 1 is 0.824 bits per heavy atom. The van der Waals surface area contributed by atoms with Gasteiger partial charge in [-0.1, -0.05) is 25.7 Å². The zero-order valence-corrected chi connectivity index (χ0v) is 22.4. The van der Waals surface area contributed by atoms with Crippen molar-refractivity contribution in [3.05, 3.63) is 0 Å². The minimum absolute atomic E-state index is 0.0302. The minimum Gasteiger partial charge on any atom is -0.550 e. The van der Waals surface area contributed by atoms with Crippen molar-refractivity contribution in [3.8, 4) is 0 Å². The van der Waals surface area contributed by atoms with E-state index in [0.717, 1.165) is 10.7 Å². The molecule has 0 aliphatic carbocycles. The van der Waals surface area contributed by atoms with Gasteiger partial charge >= 0.3 is 0 Å². The topological polar surface area (TPSA) is 161 Å². The van der Waals surface area contributed by atoms with Gasteiger partial charge < -0.3 is 25.1 Å². The van der Waals surface area contributed by atoms with Crippen molar-refractivity contribution in [1.82, 2.24) is 5.32 Å². The summed E-state index contributed by atoms with van der Waals surface area (Å²) in [4.78, 5) is 21.7. The predicted molar refractivity (Wildman–Crippen MR) is 129 cm³/mol. The van der Waals surface area contributed by atoms with Crippen LogP contribution in [0.1, 0.15) is 105 Å². The number of carbonyl (C=O) groups excluding carboxylic acids is 2. The van der Waals surface area contributed by atoms with Gasteiger partial charge in [-0.15, -0.1) is 0 Å². The van der Waals surface area contributed by atoms with Crippen LogP contribution in [0, 0.1) is 5.41 Å². The molecule has 1 saturated heterocycles. The number of unbranched alkanes of at least 4 members (excludes halogenated alkanes) is 4. The van der Waals surface area contributed by atoms with E-state index in [-0.39, 0.29) is 25.7 Å². The second kappa shape index (κ2) is 15.3. The number of rotatable bonds is 13. The van der Waals surface area contributed by atoms with Crippen LogP contribution in [-0.4, -0.2) is 50.6 Å². The maximum atomic E-state index is 11.5. The number of nitrogens with one attached hydrogen (secondary N) is 1. The molecule has 0 bridgehead atoms. The number of aliphatic carboxylic acids is 2. The second-order valence-corrected chi connectivity index (χ2v) is 11.9. The van der Waals surface area contributed by atoms with Gasteiger partial charge in [0.05, 0.1) is 0 Å². The van der Waals surface area contributed by atoms with Gasteiger partial charge in [0.25, 0.3) is 0 Å². The molecule has 198 valence electrons. The first-order valence-corrected chi connectivity index (χ1v) is 13.9. The molecule has 0 aromatic heterocycles. The van der Waals surface area contributed by atoms with Gasteiger partial charge in [-0.3, -0.25) is 0 Å². The van der Waals surface area contributed by atoms with Crippen molar-refractivity contribution >= 4 is 43.3 Å². The van der Waals surface area contributed by atoms with Gasteiger partial charge in [-0.2, -0.15) is 16.8 Å². The Morgan fingerprint density at radius 3 is 1.62 bits per heavy atom. The molecular formula is C23H39NO8S2-2. The molecular weight excluding hydrogens is 482 g/mol. The van der Waals surface area contributed by atoms with Crippen molar-refractivity contribution < 1.29 is 36.6 Å². The highest BCUT2D eigenvalue weighted by Crippen LogP contribution is 2.31. The average Bonchev–Trinajstić information content (AvgIpc) is 2.66. The molecule has 0 atom stereocenters. The van der Waals surface area contributed by atoms with Gasteiger partial charge in [-0.05, 0) is 79.1 Å². The molecule has 1 N–H and O–H groups in total. The van der Waals surface area contributed by atoms with Crippen molar-refractivity contribution in [1.29, 1.82) is 0 Å². The monoisotopic (exact) mass is 521 g/mol. The molecule has 34 heavy (non-hydrogen) atoms. The van der Waals surface area contributed by atoms with Crippen LogP contribution >= 0.6 is 0 Å². The first-order valence-electron chi connectivity index (χ1n) is 11.6. The zero-order valence-electron chi connectivity index (χ0n) is 20.7. The summed E-state index contributed by atoms with van der Waals surface area (Å²) in [6, 6.07) is 0. The van der Waals surface area contributed by atoms with E-state index >= 15 is 0 Å². The van der Waals surface area contributed by atoms with E-state index in [9.17, 15) is 36.6 Å². The molecule has 0 unspecified atom stereocenters. The van der Waals surface area contributed by atoms with E-state index in [1.54, 1.807) is 0 Å². The number of carboxylic acid groups (broad SMARTS) is 2. The third-order valence-corrected chi connectivity index (χ3v) is 6.85. The van der Waals surface area contributed by atoms with Crippen molar-refractivity contribution in [3.63, 3.8) is 0 Å². The predicted octanol–water partition coefficient (Wildman–Crippen LogP) is 0.663. The number of hydrogen-bond acceptors (Lipinski definition) is 9. The third kappa shape index (κ3) is 15.2. The summed E-state index contributed by atoms with van der Waals surface area (Å²) in [5.41, 5.74) is -0.866. The van der Waals surface area contributed by atoms with Crippen LogP contribution < -0.4 is 15.5 Å². The van der Waals surface area contributed by atoms with Crippen LogP contribution in [0.15, 0.2) is 0 Å². The highest BCUT2D eigenvalue weighted by molar-refractivity contribution is 7.71. The highest BCUT2D eigenvalue weighted by atomic mass is 32.2. The van der Waals surface area contributed by atoms with Gasteiger partial charge in [0, 0.05) is 39.2 Å². The van der Waals surface area contributed by atoms with Crippen LogP contribution in [0.2, 0.25) is 0 Å². The smallest absolute Gasteiger partial charge is 0.209 e. The minimum atomic E-state index is -2.55. The largest absolute Gasteiger partial charge is 0.550 e. The first-order chi connectivity index (χ1) is 15.6. The van der Waals surface area contributed by atoms with E-state index in [2.05, 4.69) is 33.0 Å². The van der Waals surface area contributed by atoms with Gasteiger partial charge in [0.15, 0.2) is 0 Å². The Morgan fingerprint density at radius 2 is 1.26 bits per heavy atom. The average molecular weight is 522 g/mol. The Balaban J connectivity index is 0.000000896. The van der Waals surface area contributed by atoms with Crippen LogP contribution in [0.5, 0.6) is 0 Å². The highest BCUT2D eigenvalue weighted by Gasteiger charge is 2.31. The molecule has 1 fully saturated rings. The summed E-state index contributed by atoms with van der Waals surface area (Å²) in [6.45, 7) is 9.14. The van der Waals surface area contributed by atoms with Gasteiger partial charge in [0.2, 0.25) is 20.6 Å². The lowest BCUT2D eigenvalue weighted by Crippen LogP contribution is -2.55. The number of carbonyl (C=O) groups is 2. The maximum absolute atomic E-state index is 11.5.